The van der Waals surface area contributed by atoms with Gasteiger partial charge in [-0.3, -0.25) is 9.59 Å². The molecule has 39 heavy (non-hydrogen) atoms. The summed E-state index contributed by atoms with van der Waals surface area (Å²) >= 11 is 12.3. The van der Waals surface area contributed by atoms with Gasteiger partial charge in [-0.15, -0.1) is 0 Å². The number of rotatable bonds is 8. The normalized spacial score (nSPS) is 10.5. The van der Waals surface area contributed by atoms with Crippen LogP contribution >= 0.6 is 23.2 Å². The Morgan fingerprint density at radius 3 is 2.10 bits per heavy atom. The molecule has 4 N–H and O–H groups in total. The Labute approximate surface area is 231 Å². The molecule has 202 valence electrons. The number of hydrogen-bond donors (Lipinski definition) is 4. The molecule has 0 saturated carbocycles. The van der Waals surface area contributed by atoms with Gasteiger partial charge in [0.2, 0.25) is 0 Å². The van der Waals surface area contributed by atoms with Gasteiger partial charge in [-0.2, -0.15) is 0 Å². The molecule has 0 fully saturated rings. The lowest BCUT2D eigenvalue weighted by Crippen LogP contribution is -2.28. The van der Waals surface area contributed by atoms with E-state index in [0.717, 1.165) is 0 Å². The van der Waals surface area contributed by atoms with E-state index < -0.39 is 58.8 Å². The van der Waals surface area contributed by atoms with Crippen molar-refractivity contribution >= 4 is 58.6 Å². The van der Waals surface area contributed by atoms with E-state index in [9.17, 15) is 39.3 Å². The molecule has 11 nitrogen and oxygen atoms in total. The summed E-state index contributed by atoms with van der Waals surface area (Å²) in [6.45, 7) is -0.586. The van der Waals surface area contributed by atoms with Crippen LogP contribution in [0.3, 0.4) is 0 Å². The first-order valence-corrected chi connectivity index (χ1v) is 11.7. The highest BCUT2D eigenvalue weighted by molar-refractivity contribution is 6.36. The molecule has 0 heterocycles. The molecule has 0 aliphatic carbocycles. The first-order valence-electron chi connectivity index (χ1n) is 10.9. The number of esters is 1. The largest absolute Gasteiger partial charge is 0.507 e. The van der Waals surface area contributed by atoms with Crippen molar-refractivity contribution in [2.45, 2.75) is 0 Å². The molecule has 0 atom stereocenters. The molecule has 0 bridgehead atoms. The molecule has 0 aliphatic heterocycles. The monoisotopic (exact) mass is 574 g/mol. The second-order valence-corrected chi connectivity index (χ2v) is 9.07. The maximum atomic E-state index is 13.2. The van der Waals surface area contributed by atoms with Crippen molar-refractivity contribution < 1.29 is 44.0 Å². The van der Waals surface area contributed by atoms with Crippen LogP contribution in [0.15, 0.2) is 48.5 Å². The Hall–Kier alpha value is -4.61. The lowest BCUT2D eigenvalue weighted by atomic mass is 10.00. The number of nitrogens with zero attached hydrogens (tertiary/aromatic N) is 1. The standard InChI is InChI=1S/C26H20Cl2N2O9/c1-30(2)22(32)11-39-26(38)15-5-3-12(14-6-4-13(27)8-19(14)28)7-20(15)29-23(33)16-10-21(31)18(25(36)37)9-17(16)24(34)35/h3-10,31H,11H2,1-2H3,(H,29,33)(H,34,35)(H,36,37). The summed E-state index contributed by atoms with van der Waals surface area (Å²) in [6, 6.07) is 10.2. The highest BCUT2D eigenvalue weighted by Gasteiger charge is 2.25. The maximum Gasteiger partial charge on any atom is 0.340 e. The molecule has 3 rings (SSSR count). The SMILES string of the molecule is CN(C)C(=O)COC(=O)c1ccc(-c2ccc(Cl)cc2Cl)cc1NC(=O)c1cc(O)c(C(=O)O)cc1C(=O)O. The summed E-state index contributed by atoms with van der Waals surface area (Å²) in [5, 5.41) is 31.8. The van der Waals surface area contributed by atoms with Gasteiger partial charge < -0.3 is 30.3 Å². The second-order valence-electron chi connectivity index (χ2n) is 8.23. The topological polar surface area (TPSA) is 171 Å². The van der Waals surface area contributed by atoms with Crippen LogP contribution in [-0.4, -0.2) is 70.6 Å². The lowest BCUT2D eigenvalue weighted by molar-refractivity contribution is -0.131. The summed E-state index contributed by atoms with van der Waals surface area (Å²) in [7, 11) is 2.94. The van der Waals surface area contributed by atoms with Crippen LogP contribution < -0.4 is 5.32 Å². The van der Waals surface area contributed by atoms with E-state index in [4.69, 9.17) is 27.9 Å². The fourth-order valence-corrected chi connectivity index (χ4v) is 3.88. The van der Waals surface area contributed by atoms with Crippen molar-refractivity contribution in [1.29, 1.82) is 0 Å². The Balaban J connectivity index is 2.09. The van der Waals surface area contributed by atoms with E-state index >= 15 is 0 Å². The van der Waals surface area contributed by atoms with E-state index in [0.29, 0.717) is 28.3 Å². The zero-order valence-electron chi connectivity index (χ0n) is 20.3. The van der Waals surface area contributed by atoms with E-state index in [1.807, 2.05) is 0 Å². The average molecular weight is 575 g/mol. The summed E-state index contributed by atoms with van der Waals surface area (Å²) in [5.74, 6) is -6.65. The predicted octanol–water partition coefficient (Wildman–Crippen LogP) is 4.26. The minimum Gasteiger partial charge on any atom is -0.507 e. The molecular formula is C26H20Cl2N2O9. The number of anilines is 1. The molecule has 0 aromatic heterocycles. The molecule has 13 heteroatoms. The number of likely N-dealkylation sites (N-methyl/N-ethyl adjacent to an activating group) is 1. The van der Waals surface area contributed by atoms with Gasteiger partial charge in [0.15, 0.2) is 6.61 Å². The van der Waals surface area contributed by atoms with Crippen molar-refractivity contribution in [2.24, 2.45) is 0 Å². The zero-order chi connectivity index (χ0) is 29.0. The quantitative estimate of drug-likeness (QED) is 0.287. The lowest BCUT2D eigenvalue weighted by Gasteiger charge is -2.16. The maximum absolute atomic E-state index is 13.2. The first kappa shape index (κ1) is 29.0. The number of aromatic carboxylic acids is 2. The number of carboxylic acids is 2. The van der Waals surface area contributed by atoms with Crippen LogP contribution in [0.25, 0.3) is 11.1 Å². The number of ether oxygens (including phenoxy) is 1. The Morgan fingerprint density at radius 1 is 0.846 bits per heavy atom. The Morgan fingerprint density at radius 2 is 1.51 bits per heavy atom. The van der Waals surface area contributed by atoms with Crippen LogP contribution in [0, 0.1) is 0 Å². The molecule has 0 unspecified atom stereocenters. The van der Waals surface area contributed by atoms with Crippen molar-refractivity contribution in [3.63, 3.8) is 0 Å². The summed E-state index contributed by atoms with van der Waals surface area (Å²) < 4.78 is 5.06. The van der Waals surface area contributed by atoms with E-state index in [-0.39, 0.29) is 16.3 Å². The van der Waals surface area contributed by atoms with Crippen LogP contribution in [-0.2, 0) is 9.53 Å². The molecule has 0 spiro atoms. The summed E-state index contributed by atoms with van der Waals surface area (Å²) in [4.78, 5) is 62.2. The molecular weight excluding hydrogens is 555 g/mol. The van der Waals surface area contributed by atoms with Crippen molar-refractivity contribution in [1.82, 2.24) is 4.90 Å². The number of hydrogen-bond acceptors (Lipinski definition) is 7. The fraction of sp³-hybridized carbons (Fsp3) is 0.115. The number of nitrogens with one attached hydrogen (secondary N) is 1. The number of aromatic hydroxyl groups is 1. The second kappa shape index (κ2) is 11.8. The van der Waals surface area contributed by atoms with Gasteiger partial charge in [0.25, 0.3) is 11.8 Å². The molecule has 3 aromatic carbocycles. The smallest absolute Gasteiger partial charge is 0.340 e. The van der Waals surface area contributed by atoms with Gasteiger partial charge in [-0.05, 0) is 42.0 Å². The van der Waals surface area contributed by atoms with Gasteiger partial charge in [0, 0.05) is 29.7 Å². The van der Waals surface area contributed by atoms with Crippen molar-refractivity contribution in [3.05, 3.63) is 80.8 Å². The zero-order valence-corrected chi connectivity index (χ0v) is 21.8. The van der Waals surface area contributed by atoms with Gasteiger partial charge in [-0.1, -0.05) is 35.3 Å². The minimum absolute atomic E-state index is 0.149. The highest BCUT2D eigenvalue weighted by Crippen LogP contribution is 2.34. The Bertz CT molecular complexity index is 1520. The van der Waals surface area contributed by atoms with Crippen molar-refractivity contribution in [3.8, 4) is 16.9 Å². The predicted molar refractivity (Wildman–Crippen MR) is 141 cm³/mol. The number of carbonyl (C=O) groups excluding carboxylic acids is 3. The van der Waals surface area contributed by atoms with Crippen LogP contribution in [0.1, 0.15) is 41.4 Å². The molecule has 2 amide bonds. The van der Waals surface area contributed by atoms with Gasteiger partial charge >= 0.3 is 17.9 Å². The summed E-state index contributed by atoms with van der Waals surface area (Å²) in [6.07, 6.45) is 0. The van der Waals surface area contributed by atoms with E-state index in [2.05, 4.69) is 5.32 Å². The number of amides is 2. The molecule has 0 saturated heterocycles. The number of carbonyl (C=O) groups is 5. The van der Waals surface area contributed by atoms with E-state index in [1.54, 1.807) is 12.1 Å². The fourth-order valence-electron chi connectivity index (χ4n) is 3.36. The van der Waals surface area contributed by atoms with Crippen LogP contribution in [0.4, 0.5) is 5.69 Å². The van der Waals surface area contributed by atoms with Crippen molar-refractivity contribution in [2.75, 3.05) is 26.0 Å². The number of carboxylic acid groups (broad SMARTS) is 2. The minimum atomic E-state index is -1.63. The molecule has 3 aromatic rings. The van der Waals surface area contributed by atoms with Gasteiger partial charge in [-0.25, -0.2) is 14.4 Å². The molecule has 0 radical (unpaired) electrons. The molecule has 0 aliphatic rings. The Kier molecular flexibility index (Phi) is 8.79. The van der Waals surface area contributed by atoms with Gasteiger partial charge in [0.05, 0.1) is 22.4 Å². The van der Waals surface area contributed by atoms with Gasteiger partial charge in [0.1, 0.15) is 11.3 Å². The first-order chi connectivity index (χ1) is 18.3. The van der Waals surface area contributed by atoms with Crippen LogP contribution in [0.5, 0.6) is 5.75 Å². The van der Waals surface area contributed by atoms with Crippen LogP contribution in [0.2, 0.25) is 10.0 Å². The third-order valence-electron chi connectivity index (χ3n) is 5.40. The third kappa shape index (κ3) is 6.64. The number of phenols is 1. The highest BCUT2D eigenvalue weighted by atomic mass is 35.5. The average Bonchev–Trinajstić information content (AvgIpc) is 2.86. The number of benzene rings is 3. The van der Waals surface area contributed by atoms with E-state index in [1.165, 1.54) is 43.3 Å². The summed E-state index contributed by atoms with van der Waals surface area (Å²) in [5.41, 5.74) is -1.44. The third-order valence-corrected chi connectivity index (χ3v) is 5.94. The number of halogens is 2.